The number of nitrogens with one attached hydrogen (secondary N) is 4. The summed E-state index contributed by atoms with van der Waals surface area (Å²) in [5, 5.41) is 7.99. The normalized spacial score (nSPS) is 12.0. The zero-order valence-electron chi connectivity index (χ0n) is 31.1. The summed E-state index contributed by atoms with van der Waals surface area (Å²) in [6.45, 7) is 12.3. The monoisotopic (exact) mass is 702 g/mol. The van der Waals surface area contributed by atoms with Crippen LogP contribution < -0.4 is 10.6 Å². The molecule has 2 amide bonds. The van der Waals surface area contributed by atoms with E-state index in [1.807, 2.05) is 41.5 Å². The maximum atomic E-state index is 11.9. The van der Waals surface area contributed by atoms with Gasteiger partial charge in [0.15, 0.2) is 0 Å². The molecule has 2 aromatic heterocycles. The molecule has 0 saturated heterocycles. The Balaban J connectivity index is 1.04. The highest BCUT2D eigenvalue weighted by Gasteiger charge is 2.16. The number of rotatable bonds is 12. The van der Waals surface area contributed by atoms with Gasteiger partial charge in [0.2, 0.25) is 0 Å². The van der Waals surface area contributed by atoms with Gasteiger partial charge in [-0.15, -0.1) is 0 Å². The summed E-state index contributed by atoms with van der Waals surface area (Å²) in [6, 6.07) is 25.9. The highest BCUT2D eigenvalue weighted by atomic mass is 16.6. The third-order valence-electron chi connectivity index (χ3n) is 8.59. The van der Waals surface area contributed by atoms with Crippen LogP contribution >= 0.6 is 0 Å². The number of aryl methyl sites for hydroxylation is 2. The number of hydrogen-bond acceptors (Lipinski definition) is 6. The molecule has 52 heavy (non-hydrogen) atoms. The first-order chi connectivity index (χ1) is 24.8. The second-order valence-electron chi connectivity index (χ2n) is 15.4. The number of H-pyrrole nitrogens is 2. The number of hydrogen-bond donors (Lipinski definition) is 4. The summed E-state index contributed by atoms with van der Waals surface area (Å²) in [5.41, 5.74) is 7.51. The number of aromatic amines is 2. The molecule has 4 N–H and O–H groups in total. The van der Waals surface area contributed by atoms with Crippen molar-refractivity contribution < 1.29 is 19.1 Å². The molecule has 0 aliphatic rings. The molecule has 10 heteroatoms. The predicted molar refractivity (Wildman–Crippen MR) is 208 cm³/mol. The Morgan fingerprint density at radius 1 is 0.558 bits per heavy atom. The van der Waals surface area contributed by atoms with Crippen molar-refractivity contribution in [2.24, 2.45) is 0 Å². The van der Waals surface area contributed by atoms with Crippen LogP contribution in [0.3, 0.4) is 0 Å². The molecule has 6 aromatic rings. The Morgan fingerprint density at radius 3 is 1.35 bits per heavy atom. The van der Waals surface area contributed by atoms with Crippen LogP contribution in [0.4, 0.5) is 9.59 Å². The Hall–Kier alpha value is -5.38. The molecule has 0 unspecified atom stereocenters. The number of aromatic nitrogens is 4. The van der Waals surface area contributed by atoms with Crippen LogP contribution in [-0.2, 0) is 22.3 Å². The first-order valence-electron chi connectivity index (χ1n) is 18.2. The Labute approximate surface area is 305 Å². The summed E-state index contributed by atoms with van der Waals surface area (Å²) >= 11 is 0. The molecule has 0 fully saturated rings. The summed E-state index contributed by atoms with van der Waals surface area (Å²) in [4.78, 5) is 40.2. The van der Waals surface area contributed by atoms with E-state index in [2.05, 4.69) is 93.4 Å². The third kappa shape index (κ3) is 9.90. The molecule has 0 spiro atoms. The van der Waals surface area contributed by atoms with Gasteiger partial charge in [0.05, 0.1) is 22.1 Å². The maximum absolute atomic E-state index is 11.9. The Morgan fingerprint density at radius 2 is 0.942 bits per heavy atom. The number of amides is 2. The molecule has 4 aromatic carbocycles. The van der Waals surface area contributed by atoms with E-state index in [9.17, 15) is 9.59 Å². The second kappa shape index (κ2) is 15.5. The number of unbranched alkanes of at least 4 members (excludes halogenated alkanes) is 2. The van der Waals surface area contributed by atoms with E-state index < -0.39 is 11.2 Å². The van der Waals surface area contributed by atoms with E-state index in [1.165, 1.54) is 10.8 Å². The van der Waals surface area contributed by atoms with E-state index in [1.54, 1.807) is 0 Å². The quantitative estimate of drug-likeness (QED) is 0.0939. The predicted octanol–water partition coefficient (Wildman–Crippen LogP) is 9.62. The van der Waals surface area contributed by atoms with E-state index in [-0.39, 0.29) is 12.2 Å². The van der Waals surface area contributed by atoms with E-state index in [0.29, 0.717) is 13.1 Å². The fourth-order valence-corrected chi connectivity index (χ4v) is 6.17. The van der Waals surface area contributed by atoms with E-state index in [4.69, 9.17) is 19.4 Å². The molecule has 2 heterocycles. The molecule has 0 saturated carbocycles. The lowest BCUT2D eigenvalue weighted by Crippen LogP contribution is -2.33. The maximum Gasteiger partial charge on any atom is 0.407 e. The van der Waals surface area contributed by atoms with Crippen LogP contribution in [0.5, 0.6) is 0 Å². The second-order valence-corrected chi connectivity index (χ2v) is 15.4. The van der Waals surface area contributed by atoms with Crippen molar-refractivity contribution in [3.63, 3.8) is 0 Å². The van der Waals surface area contributed by atoms with Gasteiger partial charge >= 0.3 is 12.2 Å². The first-order valence-corrected chi connectivity index (χ1v) is 18.2. The lowest BCUT2D eigenvalue weighted by atomic mass is 9.97. The van der Waals surface area contributed by atoms with Crippen molar-refractivity contribution in [2.45, 2.75) is 91.3 Å². The lowest BCUT2D eigenvalue weighted by molar-refractivity contribution is 0.0515. The zero-order chi connectivity index (χ0) is 36.9. The van der Waals surface area contributed by atoms with Gasteiger partial charge in [-0.2, -0.15) is 0 Å². The van der Waals surface area contributed by atoms with Gasteiger partial charge in [0, 0.05) is 25.9 Å². The van der Waals surface area contributed by atoms with Crippen molar-refractivity contribution >= 4 is 45.0 Å². The minimum atomic E-state index is -0.495. The number of alkyl carbamates (subject to hydrolysis) is 2. The Bertz CT molecular complexity index is 2030. The summed E-state index contributed by atoms with van der Waals surface area (Å²) in [7, 11) is 0. The Kier molecular flexibility index (Phi) is 10.8. The van der Waals surface area contributed by atoms with Crippen LogP contribution in [0.15, 0.2) is 72.8 Å². The van der Waals surface area contributed by atoms with E-state index in [0.717, 1.165) is 94.5 Å². The van der Waals surface area contributed by atoms with Gasteiger partial charge < -0.3 is 30.1 Å². The average molecular weight is 703 g/mol. The highest BCUT2D eigenvalue weighted by molar-refractivity contribution is 5.93. The molecule has 0 bridgehead atoms. The van der Waals surface area contributed by atoms with Crippen LogP contribution in [0, 0.1) is 0 Å². The number of imidazole rings is 2. The van der Waals surface area contributed by atoms with Crippen molar-refractivity contribution in [3.05, 3.63) is 84.4 Å². The molecule has 272 valence electrons. The molecular weight excluding hydrogens is 652 g/mol. The highest BCUT2D eigenvalue weighted by Crippen LogP contribution is 2.31. The first kappa shape index (κ1) is 36.4. The number of nitrogens with zero attached hydrogens (tertiary/aromatic N) is 2. The van der Waals surface area contributed by atoms with Gasteiger partial charge in [-0.3, -0.25) is 0 Å². The molecule has 0 aliphatic carbocycles. The number of benzene rings is 4. The average Bonchev–Trinajstić information content (AvgIpc) is 3.68. The molecule has 6 rings (SSSR count). The number of fused-ring (bicyclic) bond motifs is 3. The fraction of sp³-hybridized carbons (Fsp3) is 0.381. The minimum Gasteiger partial charge on any atom is -0.444 e. The fourth-order valence-electron chi connectivity index (χ4n) is 6.17. The molecular formula is C42H50N6O4. The summed E-state index contributed by atoms with van der Waals surface area (Å²) < 4.78 is 10.6. The van der Waals surface area contributed by atoms with Gasteiger partial charge in [0.1, 0.15) is 22.9 Å². The summed E-state index contributed by atoms with van der Waals surface area (Å²) in [6.07, 6.45) is 4.36. The van der Waals surface area contributed by atoms with Crippen molar-refractivity contribution in [1.29, 1.82) is 0 Å². The van der Waals surface area contributed by atoms with Gasteiger partial charge in [-0.05, 0) is 137 Å². The smallest absolute Gasteiger partial charge is 0.407 e. The van der Waals surface area contributed by atoms with Crippen LogP contribution in [-0.4, -0.2) is 56.4 Å². The number of carbonyl (C=O) groups is 2. The topological polar surface area (TPSA) is 134 Å². The molecule has 0 atom stereocenters. The SMILES string of the molecule is CC(C)(C)OC(=O)NCCCCc1nc2ccc(-c3ccc4cc(-c5ccc6nc(CCCCNC(=O)OC(C)(C)C)[nH]c6c5)ccc4c3)cc2[nH]1. The van der Waals surface area contributed by atoms with Crippen molar-refractivity contribution in [3.8, 4) is 22.3 Å². The zero-order valence-corrected chi connectivity index (χ0v) is 31.1. The molecule has 0 aliphatic heterocycles. The van der Waals surface area contributed by atoms with E-state index >= 15 is 0 Å². The number of carbonyl (C=O) groups excluding carboxylic acids is 2. The minimum absolute atomic E-state index is 0.379. The standard InChI is InChI=1S/C42H50N6O4/c1-41(2,3)51-39(49)43-21-9-7-11-37-45-33-19-17-31(25-35(33)47-37)29-15-13-28-24-30(16-14-27(28)23-29)32-18-20-34-36(26-32)48-38(46-34)12-8-10-22-44-40(50)52-42(4,5)6/h13-20,23-26H,7-12,21-22H2,1-6H3,(H,43,49)(H,44,50)(H,45,47)(H,46,48). The molecule has 0 radical (unpaired) electrons. The van der Waals surface area contributed by atoms with Crippen molar-refractivity contribution in [2.75, 3.05) is 13.1 Å². The van der Waals surface area contributed by atoms with Crippen molar-refractivity contribution in [1.82, 2.24) is 30.6 Å². The van der Waals surface area contributed by atoms with Gasteiger partial charge in [-0.1, -0.05) is 36.4 Å². The largest absolute Gasteiger partial charge is 0.444 e. The van der Waals surface area contributed by atoms with Crippen LogP contribution in [0.2, 0.25) is 0 Å². The molecule has 10 nitrogen and oxygen atoms in total. The lowest BCUT2D eigenvalue weighted by Gasteiger charge is -2.19. The van der Waals surface area contributed by atoms with Gasteiger partial charge in [-0.25, -0.2) is 19.6 Å². The van der Waals surface area contributed by atoms with Crippen LogP contribution in [0.1, 0.15) is 78.9 Å². The third-order valence-corrected chi connectivity index (χ3v) is 8.59. The summed E-state index contributed by atoms with van der Waals surface area (Å²) in [5.74, 6) is 1.90. The van der Waals surface area contributed by atoms with Gasteiger partial charge in [0.25, 0.3) is 0 Å². The van der Waals surface area contributed by atoms with Crippen LogP contribution in [0.25, 0.3) is 55.1 Å². The number of ether oxygens (including phenoxy) is 2.